The highest BCUT2D eigenvalue weighted by molar-refractivity contribution is 6.35. The Morgan fingerprint density at radius 3 is 2.10 bits per heavy atom. The molecule has 0 radical (unpaired) electrons. The summed E-state index contributed by atoms with van der Waals surface area (Å²) >= 11 is 11.8. The van der Waals surface area contributed by atoms with E-state index in [1.807, 2.05) is 0 Å². The monoisotopic (exact) mass is 320 g/mol. The van der Waals surface area contributed by atoms with Crippen molar-refractivity contribution >= 4 is 23.2 Å². The number of para-hydroxylation sites is 1. The van der Waals surface area contributed by atoms with Crippen molar-refractivity contribution < 1.29 is 17.9 Å². The van der Waals surface area contributed by atoms with Crippen molar-refractivity contribution in [2.45, 2.75) is 6.18 Å². The Kier molecular flexibility index (Phi) is 4.16. The van der Waals surface area contributed by atoms with Crippen LogP contribution in [0.5, 0.6) is 5.75 Å². The summed E-state index contributed by atoms with van der Waals surface area (Å²) in [6, 6.07) is 8.38. The van der Waals surface area contributed by atoms with Gasteiger partial charge >= 0.3 is 6.18 Å². The lowest BCUT2D eigenvalue weighted by molar-refractivity contribution is -0.138. The SMILES string of the molecule is COc1c(-c2cc(Cl)cc(Cl)c2)cccc1C(F)(F)F. The van der Waals surface area contributed by atoms with Crippen molar-refractivity contribution in [1.82, 2.24) is 0 Å². The van der Waals surface area contributed by atoms with Gasteiger partial charge in [-0.25, -0.2) is 0 Å². The molecule has 0 aromatic heterocycles. The fraction of sp³-hybridized carbons (Fsp3) is 0.143. The average Bonchev–Trinajstić information content (AvgIpc) is 2.35. The van der Waals surface area contributed by atoms with E-state index in [2.05, 4.69) is 0 Å². The Labute approximate surface area is 123 Å². The molecule has 0 bridgehead atoms. The standard InChI is InChI=1S/C14H9Cl2F3O/c1-20-13-11(3-2-4-12(13)14(17,18)19)8-5-9(15)7-10(16)6-8/h2-7H,1H3. The zero-order valence-corrected chi connectivity index (χ0v) is 11.8. The molecule has 0 spiro atoms. The van der Waals surface area contributed by atoms with Crippen LogP contribution in [0, 0.1) is 0 Å². The molecule has 20 heavy (non-hydrogen) atoms. The molecule has 6 heteroatoms. The highest BCUT2D eigenvalue weighted by Crippen LogP contribution is 2.42. The van der Waals surface area contributed by atoms with Crippen LogP contribution in [0.1, 0.15) is 5.56 Å². The van der Waals surface area contributed by atoms with E-state index in [0.717, 1.165) is 6.07 Å². The fourth-order valence-electron chi connectivity index (χ4n) is 1.92. The number of hydrogen-bond donors (Lipinski definition) is 0. The minimum atomic E-state index is -4.50. The summed E-state index contributed by atoms with van der Waals surface area (Å²) in [5.41, 5.74) is -0.0919. The van der Waals surface area contributed by atoms with Gasteiger partial charge in [-0.3, -0.25) is 0 Å². The largest absolute Gasteiger partial charge is 0.495 e. The minimum absolute atomic E-state index is 0.252. The topological polar surface area (TPSA) is 9.23 Å². The van der Waals surface area contributed by atoms with Crippen LogP contribution in [-0.4, -0.2) is 7.11 Å². The van der Waals surface area contributed by atoms with Gasteiger partial charge in [-0.15, -0.1) is 0 Å². The number of hydrogen-bond acceptors (Lipinski definition) is 1. The molecule has 0 fully saturated rings. The van der Waals surface area contributed by atoms with Gasteiger partial charge in [0.2, 0.25) is 0 Å². The van der Waals surface area contributed by atoms with Crippen LogP contribution in [0.4, 0.5) is 13.2 Å². The highest BCUT2D eigenvalue weighted by Gasteiger charge is 2.35. The third-order valence-corrected chi connectivity index (χ3v) is 3.13. The van der Waals surface area contributed by atoms with Crippen LogP contribution < -0.4 is 4.74 Å². The van der Waals surface area contributed by atoms with Crippen LogP contribution in [-0.2, 0) is 6.18 Å². The molecule has 2 aromatic rings. The first-order valence-electron chi connectivity index (χ1n) is 5.53. The maximum atomic E-state index is 13.0. The highest BCUT2D eigenvalue weighted by atomic mass is 35.5. The fourth-order valence-corrected chi connectivity index (χ4v) is 2.44. The third-order valence-electron chi connectivity index (χ3n) is 2.70. The number of benzene rings is 2. The average molecular weight is 321 g/mol. The summed E-state index contributed by atoms with van der Waals surface area (Å²) in [7, 11) is 1.19. The van der Waals surface area contributed by atoms with Gasteiger partial charge in [0, 0.05) is 15.6 Å². The molecule has 0 aliphatic carbocycles. The van der Waals surface area contributed by atoms with Crippen molar-refractivity contribution in [2.24, 2.45) is 0 Å². The summed E-state index contributed by atoms with van der Waals surface area (Å²) < 4.78 is 43.8. The molecular formula is C14H9Cl2F3O. The molecule has 0 unspecified atom stereocenters. The first-order chi connectivity index (χ1) is 9.32. The van der Waals surface area contributed by atoms with Crippen LogP contribution in [0.25, 0.3) is 11.1 Å². The molecule has 0 aliphatic heterocycles. The minimum Gasteiger partial charge on any atom is -0.495 e. The zero-order chi connectivity index (χ0) is 14.9. The maximum Gasteiger partial charge on any atom is 0.419 e. The maximum absolute atomic E-state index is 13.0. The van der Waals surface area contributed by atoms with E-state index >= 15 is 0 Å². The lowest BCUT2D eigenvalue weighted by atomic mass is 10.0. The number of ether oxygens (including phenoxy) is 1. The molecule has 0 N–H and O–H groups in total. The van der Waals surface area contributed by atoms with Gasteiger partial charge in [0.15, 0.2) is 0 Å². The number of halogens is 5. The number of alkyl halides is 3. The predicted octanol–water partition coefficient (Wildman–Crippen LogP) is 5.69. The normalized spacial score (nSPS) is 11.5. The summed E-state index contributed by atoms with van der Waals surface area (Å²) in [5.74, 6) is -0.252. The molecule has 2 rings (SSSR count). The van der Waals surface area contributed by atoms with E-state index in [1.54, 1.807) is 0 Å². The van der Waals surface area contributed by atoms with E-state index in [4.69, 9.17) is 27.9 Å². The summed E-state index contributed by atoms with van der Waals surface area (Å²) in [5, 5.41) is 0.680. The number of rotatable bonds is 2. The van der Waals surface area contributed by atoms with Gasteiger partial charge in [0.05, 0.1) is 12.7 Å². The summed E-state index contributed by atoms with van der Waals surface area (Å²) in [6.07, 6.45) is -4.50. The molecule has 1 nitrogen and oxygen atoms in total. The third kappa shape index (κ3) is 3.02. The molecule has 106 valence electrons. The Hall–Kier alpha value is -1.39. The van der Waals surface area contributed by atoms with E-state index < -0.39 is 11.7 Å². The molecule has 2 aromatic carbocycles. The van der Waals surface area contributed by atoms with Crippen molar-refractivity contribution in [1.29, 1.82) is 0 Å². The van der Waals surface area contributed by atoms with Gasteiger partial charge in [-0.2, -0.15) is 13.2 Å². The molecule has 0 atom stereocenters. The first kappa shape index (κ1) is 15.0. The van der Waals surface area contributed by atoms with E-state index in [9.17, 15) is 13.2 Å². The second-order valence-electron chi connectivity index (χ2n) is 4.04. The Balaban J connectivity index is 2.68. The second kappa shape index (κ2) is 5.54. The summed E-state index contributed by atoms with van der Waals surface area (Å²) in [4.78, 5) is 0. The van der Waals surface area contributed by atoms with E-state index in [-0.39, 0.29) is 11.3 Å². The molecule has 0 saturated carbocycles. The lowest BCUT2D eigenvalue weighted by Crippen LogP contribution is -2.08. The Morgan fingerprint density at radius 2 is 1.60 bits per heavy atom. The molecule has 0 saturated heterocycles. The summed E-state index contributed by atoms with van der Waals surface area (Å²) in [6.45, 7) is 0. The van der Waals surface area contributed by atoms with Crippen molar-refractivity contribution in [3.05, 3.63) is 52.0 Å². The molecule has 0 amide bonds. The van der Waals surface area contributed by atoms with Crippen LogP contribution in [0.2, 0.25) is 10.0 Å². The quantitative estimate of drug-likeness (QED) is 0.690. The second-order valence-corrected chi connectivity index (χ2v) is 4.92. The van der Waals surface area contributed by atoms with Crippen molar-refractivity contribution in [3.8, 4) is 16.9 Å². The smallest absolute Gasteiger partial charge is 0.419 e. The van der Waals surface area contributed by atoms with E-state index in [1.165, 1.54) is 37.4 Å². The van der Waals surface area contributed by atoms with Gasteiger partial charge in [-0.1, -0.05) is 35.3 Å². The Morgan fingerprint density at radius 1 is 1.00 bits per heavy atom. The van der Waals surface area contributed by atoms with Crippen LogP contribution in [0.3, 0.4) is 0 Å². The zero-order valence-electron chi connectivity index (χ0n) is 10.3. The lowest BCUT2D eigenvalue weighted by Gasteiger charge is -2.16. The first-order valence-corrected chi connectivity index (χ1v) is 6.29. The van der Waals surface area contributed by atoms with Gasteiger partial charge in [0.1, 0.15) is 5.75 Å². The Bertz CT molecular complexity index is 619. The van der Waals surface area contributed by atoms with Crippen molar-refractivity contribution in [3.63, 3.8) is 0 Å². The molecule has 0 heterocycles. The molecule has 0 aliphatic rings. The van der Waals surface area contributed by atoms with Gasteiger partial charge in [-0.05, 0) is 29.8 Å². The van der Waals surface area contributed by atoms with Crippen LogP contribution >= 0.6 is 23.2 Å². The van der Waals surface area contributed by atoms with Crippen molar-refractivity contribution in [2.75, 3.05) is 7.11 Å². The molecular weight excluding hydrogens is 312 g/mol. The van der Waals surface area contributed by atoms with Crippen LogP contribution in [0.15, 0.2) is 36.4 Å². The predicted molar refractivity (Wildman–Crippen MR) is 73.5 cm³/mol. The van der Waals surface area contributed by atoms with Gasteiger partial charge < -0.3 is 4.74 Å². The van der Waals surface area contributed by atoms with E-state index in [0.29, 0.717) is 15.6 Å². The number of methoxy groups -OCH3 is 1. The van der Waals surface area contributed by atoms with Gasteiger partial charge in [0.25, 0.3) is 0 Å².